The van der Waals surface area contributed by atoms with Crippen molar-refractivity contribution in [1.29, 1.82) is 0 Å². The Morgan fingerprint density at radius 1 is 0.941 bits per heavy atom. The van der Waals surface area contributed by atoms with E-state index in [4.69, 9.17) is 0 Å². The number of fused-ring (bicyclic) bond motifs is 1. The van der Waals surface area contributed by atoms with Gasteiger partial charge in [-0.1, -0.05) is 101 Å². The number of hydrazine groups is 1. The Labute approximate surface area is 301 Å². The van der Waals surface area contributed by atoms with Crippen LogP contribution in [-0.4, -0.2) is 78.5 Å². The number of hydrogen-bond donors (Lipinski definition) is 6. The third-order valence-corrected chi connectivity index (χ3v) is 9.50. The molecule has 0 fully saturated rings. The normalized spacial score (nSPS) is 17.6. The Hall–Kier alpha value is -4.14. The standard InChI is InChI=1S/C38H51N5O7S/c1-6-7-21-39-34(45)28-19-17-27(18-20-28)24-43(41-35(46)33(37(2,3)4)42-51(5,49)50)25-38(48,23-26-13-9-8-10-14-26)36(47)40-32-30-16-12-11-15-29(30)22-31(32)44/h8-20,31-33,42,44,48H,6-7,21-25H2,1-5H3,(H,39,45)(H,40,47)(H,41,46)/t31-,32+,33-,38+/m1/s1. The highest BCUT2D eigenvalue weighted by Crippen LogP contribution is 2.32. The zero-order chi connectivity index (χ0) is 37.4. The van der Waals surface area contributed by atoms with Crippen molar-refractivity contribution >= 4 is 27.7 Å². The molecule has 0 heterocycles. The summed E-state index contributed by atoms with van der Waals surface area (Å²) < 4.78 is 27.0. The Balaban J connectivity index is 1.68. The second-order valence-corrected chi connectivity index (χ2v) is 16.2. The molecule has 1 aliphatic rings. The monoisotopic (exact) mass is 721 g/mol. The SMILES string of the molecule is CCCCNC(=O)c1ccc(CN(C[C@@](O)(Cc2ccccc2)C(=O)N[C@H]2c3ccccc3C[C@H]2O)NC(=O)[C@@H](NS(C)(=O)=O)C(C)(C)C)cc1. The largest absolute Gasteiger partial charge is 0.390 e. The molecule has 276 valence electrons. The number of unbranched alkanes of at least 4 members (excludes halogenated alkanes) is 1. The summed E-state index contributed by atoms with van der Waals surface area (Å²) in [4.78, 5) is 40.7. The minimum absolute atomic E-state index is 0.0154. The molecule has 0 unspecified atom stereocenters. The fourth-order valence-electron chi connectivity index (χ4n) is 6.14. The van der Waals surface area contributed by atoms with Gasteiger partial charge in [0.15, 0.2) is 5.60 Å². The molecule has 0 saturated heterocycles. The van der Waals surface area contributed by atoms with E-state index in [0.717, 1.165) is 30.2 Å². The fourth-order valence-corrected chi connectivity index (χ4v) is 7.03. The quantitative estimate of drug-likeness (QED) is 0.0967. The number of nitrogens with zero attached hydrogens (tertiary/aromatic N) is 1. The van der Waals surface area contributed by atoms with Crippen LogP contribution in [0.15, 0.2) is 78.9 Å². The summed E-state index contributed by atoms with van der Waals surface area (Å²) in [6.07, 6.45) is 2.06. The number of rotatable bonds is 16. The summed E-state index contributed by atoms with van der Waals surface area (Å²) in [6, 6.07) is 21.1. The highest BCUT2D eigenvalue weighted by Gasteiger charge is 2.43. The lowest BCUT2D eigenvalue weighted by atomic mass is 9.87. The number of carbonyl (C=O) groups is 3. The van der Waals surface area contributed by atoms with Crippen molar-refractivity contribution in [3.63, 3.8) is 0 Å². The predicted octanol–water partition coefficient (Wildman–Crippen LogP) is 2.76. The second kappa shape index (κ2) is 16.9. The third kappa shape index (κ3) is 11.2. The van der Waals surface area contributed by atoms with Gasteiger partial charge < -0.3 is 20.8 Å². The number of nitrogens with one attached hydrogen (secondary N) is 4. The number of hydrogen-bond acceptors (Lipinski definition) is 8. The molecule has 12 nitrogen and oxygen atoms in total. The molecule has 4 rings (SSSR count). The molecule has 3 aromatic rings. The minimum atomic E-state index is -3.80. The van der Waals surface area contributed by atoms with Crippen LogP contribution in [0.2, 0.25) is 0 Å². The zero-order valence-corrected chi connectivity index (χ0v) is 30.8. The summed E-state index contributed by atoms with van der Waals surface area (Å²) in [5.41, 5.74) is 3.17. The topological polar surface area (TPSA) is 177 Å². The number of carbonyl (C=O) groups excluding carboxylic acids is 3. The molecule has 13 heteroatoms. The Morgan fingerprint density at radius 3 is 2.22 bits per heavy atom. The molecule has 0 saturated carbocycles. The van der Waals surface area contributed by atoms with Gasteiger partial charge in [0.2, 0.25) is 10.0 Å². The summed E-state index contributed by atoms with van der Waals surface area (Å²) in [7, 11) is -3.80. The van der Waals surface area contributed by atoms with Gasteiger partial charge in [-0.3, -0.25) is 19.8 Å². The van der Waals surface area contributed by atoms with Crippen molar-refractivity contribution in [3.8, 4) is 0 Å². The van der Waals surface area contributed by atoms with E-state index in [9.17, 15) is 33.0 Å². The van der Waals surface area contributed by atoms with Crippen molar-refractivity contribution in [1.82, 2.24) is 25.8 Å². The summed E-state index contributed by atoms with van der Waals surface area (Å²) >= 11 is 0. The molecule has 0 aliphatic heterocycles. The van der Waals surface area contributed by atoms with Crippen LogP contribution in [0.5, 0.6) is 0 Å². The van der Waals surface area contributed by atoms with Crippen LogP contribution in [0.3, 0.4) is 0 Å². The first-order valence-electron chi connectivity index (χ1n) is 17.2. The number of benzene rings is 3. The molecule has 0 aromatic heterocycles. The van der Waals surface area contributed by atoms with Gasteiger partial charge in [0.25, 0.3) is 17.7 Å². The van der Waals surface area contributed by atoms with Crippen molar-refractivity contribution < 1.29 is 33.0 Å². The van der Waals surface area contributed by atoms with Crippen LogP contribution in [0, 0.1) is 5.41 Å². The summed E-state index contributed by atoms with van der Waals surface area (Å²) in [5.74, 6) is -1.67. The molecule has 4 atom stereocenters. The first kappa shape index (κ1) is 39.6. The van der Waals surface area contributed by atoms with E-state index in [1.807, 2.05) is 37.3 Å². The Bertz CT molecular complexity index is 1760. The predicted molar refractivity (Wildman–Crippen MR) is 196 cm³/mol. The highest BCUT2D eigenvalue weighted by atomic mass is 32.2. The van der Waals surface area contributed by atoms with Gasteiger partial charge in [0.1, 0.15) is 6.04 Å². The molecule has 0 bridgehead atoms. The van der Waals surface area contributed by atoms with E-state index < -0.39 is 57.6 Å². The van der Waals surface area contributed by atoms with Gasteiger partial charge in [0, 0.05) is 31.5 Å². The minimum Gasteiger partial charge on any atom is -0.390 e. The van der Waals surface area contributed by atoms with Crippen LogP contribution < -0.4 is 20.8 Å². The average molecular weight is 722 g/mol. The van der Waals surface area contributed by atoms with E-state index >= 15 is 0 Å². The van der Waals surface area contributed by atoms with E-state index in [1.54, 1.807) is 69.3 Å². The Morgan fingerprint density at radius 2 is 1.59 bits per heavy atom. The van der Waals surface area contributed by atoms with Crippen LogP contribution in [0.4, 0.5) is 0 Å². The van der Waals surface area contributed by atoms with Crippen molar-refractivity contribution in [3.05, 3.63) is 107 Å². The lowest BCUT2D eigenvalue weighted by molar-refractivity contribution is -0.147. The number of amides is 3. The molecule has 1 aliphatic carbocycles. The first-order chi connectivity index (χ1) is 24.0. The smallest absolute Gasteiger partial charge is 0.254 e. The second-order valence-electron chi connectivity index (χ2n) is 14.4. The van der Waals surface area contributed by atoms with Crippen LogP contribution in [0.25, 0.3) is 0 Å². The number of aliphatic hydroxyl groups excluding tert-OH is 1. The van der Waals surface area contributed by atoms with E-state index in [-0.39, 0.29) is 18.9 Å². The van der Waals surface area contributed by atoms with Gasteiger partial charge in [0.05, 0.1) is 24.9 Å². The Kier molecular flexibility index (Phi) is 13.2. The van der Waals surface area contributed by atoms with Gasteiger partial charge in [-0.2, -0.15) is 0 Å². The maximum absolute atomic E-state index is 14.2. The van der Waals surface area contributed by atoms with Crippen molar-refractivity contribution in [2.75, 3.05) is 19.3 Å². The van der Waals surface area contributed by atoms with E-state index in [1.165, 1.54) is 5.01 Å². The van der Waals surface area contributed by atoms with Crippen molar-refractivity contribution in [2.45, 2.75) is 83.7 Å². The summed E-state index contributed by atoms with van der Waals surface area (Å²) in [5, 5.41) is 30.4. The summed E-state index contributed by atoms with van der Waals surface area (Å²) in [6.45, 7) is 7.31. The molecular weight excluding hydrogens is 671 g/mol. The molecule has 0 radical (unpaired) electrons. The average Bonchev–Trinajstić information content (AvgIpc) is 3.37. The number of sulfonamides is 1. The zero-order valence-electron chi connectivity index (χ0n) is 30.0. The van der Waals surface area contributed by atoms with Crippen LogP contribution in [0.1, 0.15) is 79.2 Å². The van der Waals surface area contributed by atoms with Gasteiger partial charge in [-0.25, -0.2) is 18.1 Å². The van der Waals surface area contributed by atoms with E-state index in [2.05, 4.69) is 20.8 Å². The van der Waals surface area contributed by atoms with Gasteiger partial charge >= 0.3 is 0 Å². The first-order valence-corrected chi connectivity index (χ1v) is 19.1. The maximum atomic E-state index is 14.2. The van der Waals surface area contributed by atoms with Gasteiger partial charge in [-0.15, -0.1) is 0 Å². The third-order valence-electron chi connectivity index (χ3n) is 8.84. The molecule has 0 spiro atoms. The lowest BCUT2D eigenvalue weighted by Gasteiger charge is -2.37. The van der Waals surface area contributed by atoms with Crippen LogP contribution in [-0.2, 0) is 39.0 Å². The fraction of sp³-hybridized carbons (Fsp3) is 0.447. The van der Waals surface area contributed by atoms with Crippen molar-refractivity contribution in [2.24, 2.45) is 5.41 Å². The molecular formula is C38H51N5O7S. The molecule has 3 amide bonds. The lowest BCUT2D eigenvalue weighted by Crippen LogP contribution is -2.62. The van der Waals surface area contributed by atoms with E-state index in [0.29, 0.717) is 29.7 Å². The molecule has 51 heavy (non-hydrogen) atoms. The van der Waals surface area contributed by atoms with Gasteiger partial charge in [-0.05, 0) is 46.2 Å². The number of aliphatic hydroxyl groups is 2. The van der Waals surface area contributed by atoms with Crippen LogP contribution >= 0.6 is 0 Å². The molecule has 6 N–H and O–H groups in total. The molecule has 3 aromatic carbocycles. The highest BCUT2D eigenvalue weighted by molar-refractivity contribution is 7.88. The maximum Gasteiger partial charge on any atom is 0.254 e.